The monoisotopic (exact) mass is 523 g/mol. The molecule has 3 aromatic rings. The van der Waals surface area contributed by atoms with E-state index in [1.54, 1.807) is 60.7 Å². The first-order chi connectivity index (χ1) is 15.3. The molecule has 0 N–H and O–H groups in total. The third kappa shape index (κ3) is 4.92. The van der Waals surface area contributed by atoms with Crippen LogP contribution < -0.4 is 9.64 Å². The predicted octanol–water partition coefficient (Wildman–Crippen LogP) is 8.12. The van der Waals surface area contributed by atoms with E-state index in [1.165, 1.54) is 0 Å². The maximum atomic E-state index is 12.8. The molecular formula is C23H13Cl4NO3S. The van der Waals surface area contributed by atoms with Gasteiger partial charge in [-0.25, -0.2) is 4.90 Å². The molecule has 0 aromatic heterocycles. The molecule has 0 saturated carbocycles. The summed E-state index contributed by atoms with van der Waals surface area (Å²) in [6.07, 6.45) is 1.61. The van der Waals surface area contributed by atoms with Crippen LogP contribution in [0.2, 0.25) is 20.1 Å². The van der Waals surface area contributed by atoms with Crippen molar-refractivity contribution < 1.29 is 14.3 Å². The summed E-state index contributed by atoms with van der Waals surface area (Å²) in [5.41, 5.74) is 1.85. The number of amides is 2. The number of hydrogen-bond acceptors (Lipinski definition) is 4. The summed E-state index contributed by atoms with van der Waals surface area (Å²) < 4.78 is 5.77. The fourth-order valence-electron chi connectivity index (χ4n) is 2.97. The van der Waals surface area contributed by atoms with Crippen LogP contribution in [0.25, 0.3) is 6.08 Å². The average Bonchev–Trinajstić information content (AvgIpc) is 3.03. The minimum atomic E-state index is -0.441. The molecule has 1 fully saturated rings. The van der Waals surface area contributed by atoms with Crippen LogP contribution >= 0.6 is 58.2 Å². The first kappa shape index (κ1) is 23.0. The largest absolute Gasteiger partial charge is 0.487 e. The Balaban J connectivity index is 1.50. The Morgan fingerprint density at radius 3 is 2.34 bits per heavy atom. The molecule has 4 nitrogen and oxygen atoms in total. The summed E-state index contributed by atoms with van der Waals surface area (Å²) in [5, 5.41) is 1.19. The fraction of sp³-hybridized carbons (Fsp3) is 0.0435. The van der Waals surface area contributed by atoms with E-state index < -0.39 is 11.1 Å². The van der Waals surface area contributed by atoms with E-state index in [9.17, 15) is 9.59 Å². The van der Waals surface area contributed by atoms with Gasteiger partial charge in [-0.05, 0) is 65.4 Å². The number of carbonyl (C=O) groups is 2. The lowest BCUT2D eigenvalue weighted by atomic mass is 10.2. The topological polar surface area (TPSA) is 46.6 Å². The second-order valence-corrected chi connectivity index (χ2v) is 9.32. The Kier molecular flexibility index (Phi) is 7.03. The molecule has 4 rings (SSSR count). The van der Waals surface area contributed by atoms with Gasteiger partial charge in [0.1, 0.15) is 12.4 Å². The summed E-state index contributed by atoms with van der Waals surface area (Å²) in [6.45, 7) is 0.257. The lowest BCUT2D eigenvalue weighted by Crippen LogP contribution is -2.27. The molecule has 0 spiro atoms. The van der Waals surface area contributed by atoms with Crippen LogP contribution in [0.4, 0.5) is 10.5 Å². The van der Waals surface area contributed by atoms with Gasteiger partial charge in [0.05, 0.1) is 30.7 Å². The molecule has 0 aliphatic carbocycles. The number of imide groups is 1. The van der Waals surface area contributed by atoms with Crippen molar-refractivity contribution in [2.75, 3.05) is 4.90 Å². The highest BCUT2D eigenvalue weighted by Gasteiger charge is 2.37. The number of benzene rings is 3. The normalized spacial score (nSPS) is 15.0. The second kappa shape index (κ2) is 9.77. The van der Waals surface area contributed by atoms with E-state index in [2.05, 4.69) is 0 Å². The predicted molar refractivity (Wildman–Crippen MR) is 132 cm³/mol. The molecule has 0 radical (unpaired) electrons. The molecular weight excluding hydrogens is 512 g/mol. The first-order valence-electron chi connectivity index (χ1n) is 9.22. The molecule has 32 heavy (non-hydrogen) atoms. The Morgan fingerprint density at radius 2 is 1.62 bits per heavy atom. The Hall–Kier alpha value is -2.15. The van der Waals surface area contributed by atoms with Crippen molar-refractivity contribution in [3.63, 3.8) is 0 Å². The average molecular weight is 525 g/mol. The summed E-state index contributed by atoms with van der Waals surface area (Å²) in [6, 6.07) is 17.0. The minimum absolute atomic E-state index is 0.257. The summed E-state index contributed by atoms with van der Waals surface area (Å²) >= 11 is 25.3. The molecule has 0 atom stereocenters. The Labute approximate surface area is 208 Å². The van der Waals surface area contributed by atoms with Crippen LogP contribution in [0, 0.1) is 0 Å². The third-order valence-corrected chi connectivity index (χ3v) is 6.74. The maximum absolute atomic E-state index is 12.8. The number of carbonyl (C=O) groups excluding carboxylic acids is 2. The molecule has 162 valence electrons. The van der Waals surface area contributed by atoms with Gasteiger partial charge in [0.25, 0.3) is 11.1 Å². The summed E-state index contributed by atoms with van der Waals surface area (Å²) in [7, 11) is 0. The van der Waals surface area contributed by atoms with E-state index in [0.29, 0.717) is 37.1 Å². The second-order valence-electron chi connectivity index (χ2n) is 6.70. The molecule has 1 saturated heterocycles. The van der Waals surface area contributed by atoms with Crippen molar-refractivity contribution in [1.82, 2.24) is 0 Å². The summed E-state index contributed by atoms with van der Waals surface area (Å²) in [5.74, 6) is 0.0308. The van der Waals surface area contributed by atoms with Crippen LogP contribution in [0.15, 0.2) is 65.6 Å². The summed E-state index contributed by atoms with van der Waals surface area (Å²) in [4.78, 5) is 26.6. The molecule has 1 aliphatic heterocycles. The van der Waals surface area contributed by atoms with Gasteiger partial charge in [-0.2, -0.15) is 0 Å². The van der Waals surface area contributed by atoms with Crippen molar-refractivity contribution in [3.05, 3.63) is 96.8 Å². The van der Waals surface area contributed by atoms with Gasteiger partial charge in [0.2, 0.25) is 0 Å². The van der Waals surface area contributed by atoms with Gasteiger partial charge < -0.3 is 4.74 Å². The van der Waals surface area contributed by atoms with Crippen molar-refractivity contribution in [3.8, 4) is 5.75 Å². The van der Waals surface area contributed by atoms with Crippen molar-refractivity contribution in [1.29, 1.82) is 0 Å². The maximum Gasteiger partial charge on any atom is 0.298 e. The lowest BCUT2D eigenvalue weighted by Gasteiger charge is -2.13. The van der Waals surface area contributed by atoms with E-state index in [-0.39, 0.29) is 11.5 Å². The number of thioether (sulfide) groups is 1. The molecule has 1 aliphatic rings. The van der Waals surface area contributed by atoms with Gasteiger partial charge in [0, 0.05) is 0 Å². The van der Waals surface area contributed by atoms with Gasteiger partial charge in [-0.3, -0.25) is 9.59 Å². The molecule has 0 unspecified atom stereocenters. The third-order valence-electron chi connectivity index (χ3n) is 4.52. The van der Waals surface area contributed by atoms with Gasteiger partial charge >= 0.3 is 0 Å². The van der Waals surface area contributed by atoms with E-state index >= 15 is 0 Å². The highest BCUT2D eigenvalue weighted by atomic mass is 35.5. The number of ether oxygens (including phenoxy) is 1. The SMILES string of the molecule is O=C1S/C(=C\c2ccc(OCc3ccc(Cl)c(Cl)c3)c(Cl)c2)C(=O)N1c1ccccc1Cl. The van der Waals surface area contributed by atoms with Crippen molar-refractivity contribution in [2.45, 2.75) is 6.61 Å². The smallest absolute Gasteiger partial charge is 0.298 e. The first-order valence-corrected chi connectivity index (χ1v) is 11.5. The van der Waals surface area contributed by atoms with Crippen LogP contribution in [0.1, 0.15) is 11.1 Å². The van der Waals surface area contributed by atoms with Crippen LogP contribution in [0.3, 0.4) is 0 Å². The zero-order valence-electron chi connectivity index (χ0n) is 16.2. The molecule has 3 aromatic carbocycles. The van der Waals surface area contributed by atoms with Gasteiger partial charge in [-0.15, -0.1) is 0 Å². The number of nitrogens with zero attached hydrogens (tertiary/aromatic N) is 1. The molecule has 2 amide bonds. The van der Waals surface area contributed by atoms with Crippen LogP contribution in [0.5, 0.6) is 5.75 Å². The number of anilines is 1. The number of hydrogen-bond donors (Lipinski definition) is 0. The van der Waals surface area contributed by atoms with Crippen molar-refractivity contribution >= 4 is 81.1 Å². The molecule has 9 heteroatoms. The standard InChI is InChI=1S/C23H13Cl4NO3S/c24-15-7-5-14(10-17(15)26)12-31-20-8-6-13(9-18(20)27)11-21-22(29)28(23(30)32-21)19-4-2-1-3-16(19)25/h1-11H,12H2/b21-11-. The molecule has 1 heterocycles. The number of para-hydroxylation sites is 1. The fourth-order valence-corrected chi connectivity index (χ4v) is 4.59. The Morgan fingerprint density at radius 1 is 0.844 bits per heavy atom. The quantitative estimate of drug-likeness (QED) is 0.316. The van der Waals surface area contributed by atoms with Gasteiger partial charge in [-0.1, -0.05) is 70.7 Å². The lowest BCUT2D eigenvalue weighted by molar-refractivity contribution is -0.113. The van der Waals surface area contributed by atoms with Crippen LogP contribution in [-0.2, 0) is 11.4 Å². The van der Waals surface area contributed by atoms with E-state index in [1.807, 2.05) is 6.07 Å². The minimum Gasteiger partial charge on any atom is -0.487 e. The highest BCUT2D eigenvalue weighted by molar-refractivity contribution is 8.19. The van der Waals surface area contributed by atoms with E-state index in [4.69, 9.17) is 51.1 Å². The number of halogens is 4. The Bertz CT molecular complexity index is 1260. The zero-order chi connectivity index (χ0) is 22.8. The number of rotatable bonds is 5. The van der Waals surface area contributed by atoms with Crippen molar-refractivity contribution in [2.24, 2.45) is 0 Å². The zero-order valence-corrected chi connectivity index (χ0v) is 20.0. The van der Waals surface area contributed by atoms with Crippen LogP contribution in [-0.4, -0.2) is 11.1 Å². The highest BCUT2D eigenvalue weighted by Crippen LogP contribution is 2.39. The van der Waals surface area contributed by atoms with E-state index in [0.717, 1.165) is 22.2 Å². The molecule has 0 bridgehead atoms. The van der Waals surface area contributed by atoms with Gasteiger partial charge in [0.15, 0.2) is 0 Å².